The molecule has 1 aliphatic heterocycles. The molecule has 0 amide bonds. The standard InChI is InChI=1S/C19H25N4O8P.Y/c1-11-4-6-14(7-5-11)31-32(27,22-13(3)18(24)25)29-10-16-28-9-15(30-16)23-8-12(2)17(20)21-19(23)26;/h4-8,13,15-16H,9-10H2,1-3H3,(H,22,27)(H,24,25)(H2,20,21,26);/t13-,15-,16-,32+;/m0./s1. The number of aryl methyl sites for hydroxylation is 2. The molecule has 14 heteroatoms. The maximum atomic E-state index is 13.2. The summed E-state index contributed by atoms with van der Waals surface area (Å²) in [5.74, 6) is -0.886. The normalized spacial score (nSPS) is 20.5. The van der Waals surface area contributed by atoms with Crippen molar-refractivity contribution in [2.24, 2.45) is 0 Å². The zero-order chi connectivity index (χ0) is 23.5. The van der Waals surface area contributed by atoms with Crippen LogP contribution >= 0.6 is 7.75 Å². The minimum atomic E-state index is -4.12. The number of ether oxygens (including phenoxy) is 2. The summed E-state index contributed by atoms with van der Waals surface area (Å²) in [6, 6.07) is 5.44. The van der Waals surface area contributed by atoms with Crippen LogP contribution in [-0.4, -0.2) is 46.2 Å². The Morgan fingerprint density at radius 1 is 1.39 bits per heavy atom. The summed E-state index contributed by atoms with van der Waals surface area (Å²) in [5, 5.41) is 11.5. The van der Waals surface area contributed by atoms with Crippen LogP contribution in [0.25, 0.3) is 0 Å². The molecule has 0 unspecified atom stereocenters. The Balaban J connectivity index is 0.00000385. The number of carboxylic acids is 1. The van der Waals surface area contributed by atoms with Crippen LogP contribution < -0.4 is 21.0 Å². The molecule has 1 aromatic carbocycles. The van der Waals surface area contributed by atoms with E-state index in [1.807, 2.05) is 6.92 Å². The van der Waals surface area contributed by atoms with Gasteiger partial charge in [0.1, 0.15) is 24.2 Å². The van der Waals surface area contributed by atoms with E-state index in [1.54, 1.807) is 31.2 Å². The smallest absolute Gasteiger partial charge is 0.459 e. The molecule has 0 aliphatic carbocycles. The van der Waals surface area contributed by atoms with Gasteiger partial charge in [0.05, 0.1) is 6.61 Å². The number of aliphatic carboxylic acids is 1. The van der Waals surface area contributed by atoms with Gasteiger partial charge in [0.15, 0.2) is 12.5 Å². The van der Waals surface area contributed by atoms with E-state index in [1.165, 1.54) is 17.7 Å². The van der Waals surface area contributed by atoms with Gasteiger partial charge in [-0.3, -0.25) is 13.9 Å². The number of hydrogen-bond acceptors (Lipinski definition) is 9. The van der Waals surface area contributed by atoms with E-state index in [-0.39, 0.29) is 57.5 Å². The molecule has 0 saturated carbocycles. The first-order chi connectivity index (χ1) is 15.1. The van der Waals surface area contributed by atoms with Gasteiger partial charge in [-0.25, -0.2) is 9.36 Å². The molecule has 2 aromatic rings. The summed E-state index contributed by atoms with van der Waals surface area (Å²) in [7, 11) is -4.12. The van der Waals surface area contributed by atoms with E-state index >= 15 is 0 Å². The number of nitrogen functional groups attached to an aromatic ring is 1. The first kappa shape index (κ1) is 27.6. The fourth-order valence-electron chi connectivity index (χ4n) is 2.74. The van der Waals surface area contributed by atoms with Crippen molar-refractivity contribution in [1.82, 2.24) is 14.6 Å². The Morgan fingerprint density at radius 3 is 2.70 bits per heavy atom. The second-order valence-corrected chi connectivity index (χ2v) is 8.93. The third kappa shape index (κ3) is 7.41. The van der Waals surface area contributed by atoms with Gasteiger partial charge in [-0.1, -0.05) is 17.7 Å². The zero-order valence-corrected chi connectivity index (χ0v) is 22.1. The van der Waals surface area contributed by atoms with Crippen molar-refractivity contribution in [3.8, 4) is 5.75 Å². The molecule has 1 radical (unpaired) electrons. The topological polar surface area (TPSA) is 164 Å². The summed E-state index contributed by atoms with van der Waals surface area (Å²) in [6.07, 6.45) is -0.267. The fraction of sp³-hybridized carbons (Fsp3) is 0.421. The number of aromatic nitrogens is 2. The molecule has 2 heterocycles. The van der Waals surface area contributed by atoms with Gasteiger partial charge >= 0.3 is 19.4 Å². The van der Waals surface area contributed by atoms with Gasteiger partial charge in [-0.05, 0) is 32.9 Å². The summed E-state index contributed by atoms with van der Waals surface area (Å²) < 4.78 is 36.5. The largest absolute Gasteiger partial charge is 0.480 e. The van der Waals surface area contributed by atoms with Crippen molar-refractivity contribution < 1.29 is 65.7 Å². The molecule has 4 N–H and O–H groups in total. The van der Waals surface area contributed by atoms with E-state index < -0.39 is 38.0 Å². The summed E-state index contributed by atoms with van der Waals surface area (Å²) >= 11 is 0. The van der Waals surface area contributed by atoms with Crippen LogP contribution in [-0.2, 0) is 56.1 Å². The molecule has 1 aromatic heterocycles. The van der Waals surface area contributed by atoms with Gasteiger partial charge in [-0.2, -0.15) is 10.1 Å². The van der Waals surface area contributed by atoms with Crippen LogP contribution in [0.15, 0.2) is 35.3 Å². The Bertz CT molecular complexity index is 1080. The summed E-state index contributed by atoms with van der Waals surface area (Å²) in [4.78, 5) is 27.0. The molecule has 33 heavy (non-hydrogen) atoms. The van der Waals surface area contributed by atoms with E-state index in [9.17, 15) is 14.2 Å². The van der Waals surface area contributed by atoms with E-state index in [0.29, 0.717) is 5.56 Å². The second kappa shape index (κ2) is 11.7. The average molecular weight is 557 g/mol. The SMILES string of the molecule is Cc1ccc(O[P@@](=O)(N[C@@H](C)C(=O)O)OC[C@H]2OC[C@@H](n3cc(C)c(N)nc3=O)O2)cc1.[Y]. The van der Waals surface area contributed by atoms with Gasteiger partial charge in [0.25, 0.3) is 0 Å². The number of nitrogens with two attached hydrogens (primary N) is 1. The molecule has 4 atom stereocenters. The molecule has 12 nitrogen and oxygen atoms in total. The number of carboxylic acid groups (broad SMARTS) is 1. The van der Waals surface area contributed by atoms with Crippen molar-refractivity contribution in [3.05, 3.63) is 52.1 Å². The third-order valence-electron chi connectivity index (χ3n) is 4.57. The van der Waals surface area contributed by atoms with Crippen molar-refractivity contribution >= 4 is 19.5 Å². The molecular weight excluding hydrogens is 532 g/mol. The molecule has 1 fully saturated rings. The van der Waals surface area contributed by atoms with Gasteiger partial charge in [0.2, 0.25) is 0 Å². The number of anilines is 1. The Hall–Kier alpha value is -1.66. The predicted molar refractivity (Wildman–Crippen MR) is 113 cm³/mol. The molecule has 1 aliphatic rings. The van der Waals surface area contributed by atoms with Crippen LogP contribution in [0.1, 0.15) is 24.3 Å². The molecular formula is C19H25N4O8PY. The molecule has 3 rings (SSSR count). The van der Waals surface area contributed by atoms with Gasteiger partial charge in [-0.15, -0.1) is 0 Å². The van der Waals surface area contributed by atoms with E-state index in [4.69, 9.17) is 29.4 Å². The molecule has 0 bridgehead atoms. The second-order valence-electron chi connectivity index (χ2n) is 7.24. The van der Waals surface area contributed by atoms with Crippen molar-refractivity contribution in [3.63, 3.8) is 0 Å². The van der Waals surface area contributed by atoms with E-state index in [2.05, 4.69) is 10.1 Å². The van der Waals surface area contributed by atoms with Crippen LogP contribution in [0.4, 0.5) is 5.82 Å². The Labute approximate surface area is 215 Å². The van der Waals surface area contributed by atoms with Crippen LogP contribution in [0.5, 0.6) is 5.75 Å². The summed E-state index contributed by atoms with van der Waals surface area (Å²) in [6.45, 7) is 4.54. The average Bonchev–Trinajstić information content (AvgIpc) is 3.20. The van der Waals surface area contributed by atoms with Crippen LogP contribution in [0.2, 0.25) is 0 Å². The van der Waals surface area contributed by atoms with Crippen molar-refractivity contribution in [2.75, 3.05) is 18.9 Å². The van der Waals surface area contributed by atoms with Crippen LogP contribution in [0, 0.1) is 13.8 Å². The number of carbonyl (C=O) groups is 1. The summed E-state index contributed by atoms with van der Waals surface area (Å²) in [5.41, 5.74) is 6.58. The van der Waals surface area contributed by atoms with Crippen molar-refractivity contribution in [1.29, 1.82) is 0 Å². The fourth-order valence-corrected chi connectivity index (χ4v) is 4.22. The Kier molecular flexibility index (Phi) is 9.74. The number of rotatable bonds is 9. The maximum Gasteiger partial charge on any atom is 0.459 e. The molecule has 1 saturated heterocycles. The molecule has 177 valence electrons. The minimum absolute atomic E-state index is 0. The first-order valence-electron chi connectivity index (χ1n) is 9.70. The predicted octanol–water partition coefficient (Wildman–Crippen LogP) is 1.58. The zero-order valence-electron chi connectivity index (χ0n) is 18.3. The number of benzene rings is 1. The minimum Gasteiger partial charge on any atom is -0.480 e. The van der Waals surface area contributed by atoms with E-state index in [0.717, 1.165) is 5.56 Å². The number of hydrogen-bond donors (Lipinski definition) is 3. The quantitative estimate of drug-likeness (QED) is 0.384. The molecule has 0 spiro atoms. The third-order valence-corrected chi connectivity index (χ3v) is 6.21. The number of nitrogens with zero attached hydrogens (tertiary/aromatic N) is 2. The first-order valence-corrected chi connectivity index (χ1v) is 11.2. The number of nitrogens with one attached hydrogen (secondary N) is 1. The van der Waals surface area contributed by atoms with Gasteiger partial charge in [0, 0.05) is 44.5 Å². The monoisotopic (exact) mass is 557 g/mol. The van der Waals surface area contributed by atoms with Crippen LogP contribution in [0.3, 0.4) is 0 Å². The van der Waals surface area contributed by atoms with Crippen molar-refractivity contribution in [2.45, 2.75) is 39.3 Å². The van der Waals surface area contributed by atoms with Gasteiger partial charge < -0.3 is 24.8 Å². The Morgan fingerprint density at radius 2 is 2.06 bits per heavy atom. The maximum absolute atomic E-state index is 13.2.